The molecule has 1 aromatic carbocycles. The van der Waals surface area contributed by atoms with E-state index in [9.17, 15) is 4.79 Å². The van der Waals surface area contributed by atoms with Crippen molar-refractivity contribution in [2.45, 2.75) is 39.0 Å². The third kappa shape index (κ3) is 3.49. The van der Waals surface area contributed by atoms with Crippen molar-refractivity contribution >= 4 is 5.69 Å². The van der Waals surface area contributed by atoms with Crippen LogP contribution in [-0.4, -0.2) is 24.1 Å². The molecule has 1 atom stereocenters. The van der Waals surface area contributed by atoms with Crippen LogP contribution in [0.3, 0.4) is 0 Å². The quantitative estimate of drug-likeness (QED) is 0.905. The molecule has 2 aromatic rings. The summed E-state index contributed by atoms with van der Waals surface area (Å²) in [6, 6.07) is 9.51. The number of nitrogens with zero attached hydrogens (tertiary/aromatic N) is 1. The molecule has 4 rings (SSSR count). The zero-order valence-electron chi connectivity index (χ0n) is 14.3. The zero-order chi connectivity index (χ0) is 17.2. The van der Waals surface area contributed by atoms with Crippen molar-refractivity contribution in [2.75, 3.05) is 18.7 Å². The molecule has 25 heavy (non-hydrogen) atoms. The Hall–Kier alpha value is -2.47. The van der Waals surface area contributed by atoms with E-state index in [4.69, 9.17) is 14.2 Å². The van der Waals surface area contributed by atoms with E-state index in [1.54, 1.807) is 10.6 Å². The Morgan fingerprint density at radius 1 is 1.20 bits per heavy atom. The fraction of sp³-hybridized carbons (Fsp3) is 0.421. The third-order valence-electron chi connectivity index (χ3n) is 4.68. The summed E-state index contributed by atoms with van der Waals surface area (Å²) in [4.78, 5) is 12.4. The lowest BCUT2D eigenvalue weighted by molar-refractivity contribution is 0.0956. The summed E-state index contributed by atoms with van der Waals surface area (Å²) in [6.45, 7) is 4.28. The van der Waals surface area contributed by atoms with Crippen LogP contribution in [0.1, 0.15) is 24.1 Å². The molecule has 0 bridgehead atoms. The van der Waals surface area contributed by atoms with Crippen LogP contribution in [0.5, 0.6) is 11.5 Å². The predicted octanol–water partition coefficient (Wildman–Crippen LogP) is 2.68. The monoisotopic (exact) mass is 342 g/mol. The number of anilines is 1. The molecule has 1 N–H and O–H groups in total. The number of hydrogen-bond acceptors (Lipinski definition) is 5. The fourth-order valence-corrected chi connectivity index (χ4v) is 3.31. The number of ether oxygens (including phenoxy) is 3. The normalized spacial score (nSPS) is 18.5. The van der Waals surface area contributed by atoms with Gasteiger partial charge in [-0.3, -0.25) is 4.79 Å². The van der Waals surface area contributed by atoms with Crippen LogP contribution in [0.15, 0.2) is 35.1 Å². The summed E-state index contributed by atoms with van der Waals surface area (Å²) in [6.07, 6.45) is 2.26. The van der Waals surface area contributed by atoms with Crippen molar-refractivity contribution in [3.05, 3.63) is 51.9 Å². The summed E-state index contributed by atoms with van der Waals surface area (Å²) in [5.74, 6) is 1.54. The van der Waals surface area contributed by atoms with Gasteiger partial charge in [-0.05, 0) is 43.5 Å². The summed E-state index contributed by atoms with van der Waals surface area (Å²) >= 11 is 0. The Labute approximate surface area is 146 Å². The molecule has 6 nitrogen and oxygen atoms in total. The van der Waals surface area contributed by atoms with Crippen molar-refractivity contribution in [3.8, 4) is 11.5 Å². The van der Waals surface area contributed by atoms with Crippen molar-refractivity contribution in [1.29, 1.82) is 0 Å². The Balaban J connectivity index is 1.45. The van der Waals surface area contributed by atoms with Gasteiger partial charge in [0.15, 0.2) is 11.5 Å². The summed E-state index contributed by atoms with van der Waals surface area (Å²) in [5.41, 5.74) is 2.84. The molecular formula is C19H22N2O4. The highest BCUT2D eigenvalue weighted by Crippen LogP contribution is 2.32. The van der Waals surface area contributed by atoms with Crippen LogP contribution in [-0.2, 0) is 17.8 Å². The van der Waals surface area contributed by atoms with Crippen molar-refractivity contribution in [3.63, 3.8) is 0 Å². The van der Waals surface area contributed by atoms with Gasteiger partial charge in [-0.15, -0.1) is 0 Å². The van der Waals surface area contributed by atoms with Gasteiger partial charge in [0.25, 0.3) is 5.56 Å². The first-order valence-corrected chi connectivity index (χ1v) is 8.64. The molecule has 0 radical (unpaired) electrons. The Morgan fingerprint density at radius 3 is 2.88 bits per heavy atom. The lowest BCUT2D eigenvalue weighted by Gasteiger charge is -2.16. The van der Waals surface area contributed by atoms with Gasteiger partial charge in [-0.1, -0.05) is 6.07 Å². The maximum absolute atomic E-state index is 12.4. The van der Waals surface area contributed by atoms with E-state index in [0.717, 1.165) is 47.9 Å². The fourth-order valence-electron chi connectivity index (χ4n) is 3.31. The summed E-state index contributed by atoms with van der Waals surface area (Å²) in [7, 11) is 0. The van der Waals surface area contributed by atoms with Crippen LogP contribution >= 0.6 is 0 Å². The van der Waals surface area contributed by atoms with E-state index in [-0.39, 0.29) is 18.5 Å². The van der Waals surface area contributed by atoms with Gasteiger partial charge in [0.05, 0.1) is 12.6 Å². The van der Waals surface area contributed by atoms with Gasteiger partial charge in [0.2, 0.25) is 6.79 Å². The van der Waals surface area contributed by atoms with Gasteiger partial charge < -0.3 is 24.1 Å². The molecule has 0 saturated carbocycles. The van der Waals surface area contributed by atoms with E-state index in [2.05, 4.69) is 5.32 Å². The molecule has 3 heterocycles. The Kier molecular flexibility index (Phi) is 4.36. The molecule has 132 valence electrons. The minimum Gasteiger partial charge on any atom is -0.454 e. The standard InChI is InChI=1S/C19H22N2O4/c1-13-7-15(9-19(22)21(13)11-16-3-2-6-23-16)20-10-14-4-5-17-18(8-14)25-12-24-17/h4-5,7-9,16,20H,2-3,6,10-12H2,1H3/t16-/m0/s1. The number of benzene rings is 1. The number of aryl methyl sites for hydroxylation is 1. The highest BCUT2D eigenvalue weighted by atomic mass is 16.7. The number of pyridine rings is 1. The van der Waals surface area contributed by atoms with Gasteiger partial charge in [0, 0.05) is 30.6 Å². The minimum atomic E-state index is 0.00341. The average Bonchev–Trinajstić information content (AvgIpc) is 3.27. The SMILES string of the molecule is Cc1cc(NCc2ccc3c(c2)OCO3)cc(=O)n1C[C@@H]1CCCO1. The van der Waals surface area contributed by atoms with Gasteiger partial charge in [-0.25, -0.2) is 0 Å². The van der Waals surface area contributed by atoms with E-state index in [1.807, 2.05) is 31.2 Å². The average molecular weight is 342 g/mol. The second-order valence-electron chi connectivity index (χ2n) is 6.51. The molecule has 6 heteroatoms. The van der Waals surface area contributed by atoms with Crippen LogP contribution in [0.2, 0.25) is 0 Å². The molecule has 1 fully saturated rings. The van der Waals surface area contributed by atoms with Gasteiger partial charge in [-0.2, -0.15) is 0 Å². The first-order valence-electron chi connectivity index (χ1n) is 8.64. The molecule has 2 aliphatic rings. The summed E-state index contributed by atoms with van der Waals surface area (Å²) in [5, 5.41) is 3.31. The maximum Gasteiger partial charge on any atom is 0.252 e. The highest BCUT2D eigenvalue weighted by molar-refractivity contribution is 5.47. The Morgan fingerprint density at radius 2 is 2.08 bits per heavy atom. The third-order valence-corrected chi connectivity index (χ3v) is 4.68. The predicted molar refractivity (Wildman–Crippen MR) is 94.3 cm³/mol. The smallest absolute Gasteiger partial charge is 0.252 e. The number of nitrogens with one attached hydrogen (secondary N) is 1. The highest BCUT2D eigenvalue weighted by Gasteiger charge is 2.17. The van der Waals surface area contributed by atoms with E-state index in [0.29, 0.717) is 13.1 Å². The molecule has 1 aromatic heterocycles. The van der Waals surface area contributed by atoms with E-state index >= 15 is 0 Å². The minimum absolute atomic E-state index is 0.00341. The Bertz CT molecular complexity index is 825. The number of rotatable bonds is 5. The summed E-state index contributed by atoms with van der Waals surface area (Å²) < 4.78 is 18.1. The molecule has 0 unspecified atom stereocenters. The van der Waals surface area contributed by atoms with Crippen LogP contribution in [0.4, 0.5) is 5.69 Å². The van der Waals surface area contributed by atoms with Crippen LogP contribution < -0.4 is 20.3 Å². The topological polar surface area (TPSA) is 61.7 Å². The van der Waals surface area contributed by atoms with Gasteiger partial charge in [0.1, 0.15) is 0 Å². The molecule has 2 aliphatic heterocycles. The first kappa shape index (κ1) is 16.0. The van der Waals surface area contributed by atoms with Crippen LogP contribution in [0.25, 0.3) is 0 Å². The lowest BCUT2D eigenvalue weighted by atomic mass is 10.2. The van der Waals surface area contributed by atoms with Gasteiger partial charge >= 0.3 is 0 Å². The largest absolute Gasteiger partial charge is 0.454 e. The van der Waals surface area contributed by atoms with Crippen molar-refractivity contribution in [2.24, 2.45) is 0 Å². The van der Waals surface area contributed by atoms with Crippen LogP contribution in [0, 0.1) is 6.92 Å². The molecule has 1 saturated heterocycles. The second-order valence-corrected chi connectivity index (χ2v) is 6.51. The lowest BCUT2D eigenvalue weighted by Crippen LogP contribution is -2.28. The number of aromatic nitrogens is 1. The molecule has 0 aliphatic carbocycles. The molecule has 0 amide bonds. The van der Waals surface area contributed by atoms with Crippen molar-refractivity contribution < 1.29 is 14.2 Å². The molecular weight excluding hydrogens is 320 g/mol. The first-order chi connectivity index (χ1) is 12.2. The maximum atomic E-state index is 12.4. The van der Waals surface area contributed by atoms with Crippen molar-refractivity contribution in [1.82, 2.24) is 4.57 Å². The number of fused-ring (bicyclic) bond motifs is 1. The van der Waals surface area contributed by atoms with E-state index in [1.165, 1.54) is 0 Å². The second kappa shape index (κ2) is 6.80. The number of hydrogen-bond donors (Lipinski definition) is 1. The van der Waals surface area contributed by atoms with E-state index < -0.39 is 0 Å². The zero-order valence-corrected chi connectivity index (χ0v) is 14.3. The molecule has 0 spiro atoms.